The van der Waals surface area contributed by atoms with Gasteiger partial charge in [-0.25, -0.2) is 0 Å². The van der Waals surface area contributed by atoms with Crippen LogP contribution in [0.2, 0.25) is 0 Å². The van der Waals surface area contributed by atoms with Gasteiger partial charge in [0, 0.05) is 6.42 Å². The predicted octanol–water partition coefficient (Wildman–Crippen LogP) is 2.80. The second kappa shape index (κ2) is 2.70. The predicted molar refractivity (Wildman–Crippen MR) is 48.0 cm³/mol. The Balaban J connectivity index is 1.88. The first kappa shape index (κ1) is 7.47. The summed E-state index contributed by atoms with van der Waals surface area (Å²) in [7, 11) is 0. The van der Waals surface area contributed by atoms with E-state index in [1.165, 1.54) is 5.56 Å². The molecule has 62 valence electrons. The summed E-state index contributed by atoms with van der Waals surface area (Å²) in [6.45, 7) is 2.07. The van der Waals surface area contributed by atoms with Gasteiger partial charge in [-0.3, -0.25) is 0 Å². The molecular formula is C10H12N2. The van der Waals surface area contributed by atoms with Crippen molar-refractivity contribution in [2.24, 2.45) is 10.2 Å². The Hall–Kier alpha value is -1.18. The Labute approximate surface area is 72.3 Å². The minimum atomic E-state index is -0.0458. The second-order valence-corrected chi connectivity index (χ2v) is 3.40. The van der Waals surface area contributed by atoms with Gasteiger partial charge in [-0.2, -0.15) is 10.2 Å². The molecule has 0 aromatic heterocycles. The van der Waals surface area contributed by atoms with Gasteiger partial charge in [-0.05, 0) is 18.9 Å². The molecule has 12 heavy (non-hydrogen) atoms. The average molecular weight is 160 g/mol. The summed E-state index contributed by atoms with van der Waals surface area (Å²) in [6, 6.07) is 10.5. The van der Waals surface area contributed by atoms with Crippen LogP contribution in [0.5, 0.6) is 0 Å². The van der Waals surface area contributed by atoms with Gasteiger partial charge < -0.3 is 0 Å². The van der Waals surface area contributed by atoms with E-state index >= 15 is 0 Å². The van der Waals surface area contributed by atoms with Crippen LogP contribution in [-0.2, 0) is 6.42 Å². The van der Waals surface area contributed by atoms with Crippen LogP contribution in [0.3, 0.4) is 0 Å². The minimum Gasteiger partial charge on any atom is -0.159 e. The quantitative estimate of drug-likeness (QED) is 0.649. The maximum atomic E-state index is 3.97. The first-order valence-electron chi connectivity index (χ1n) is 4.27. The second-order valence-electron chi connectivity index (χ2n) is 3.40. The van der Waals surface area contributed by atoms with E-state index in [0.717, 1.165) is 12.8 Å². The zero-order valence-corrected chi connectivity index (χ0v) is 7.20. The minimum absolute atomic E-state index is 0.0458. The van der Waals surface area contributed by atoms with Crippen molar-refractivity contribution in [1.29, 1.82) is 0 Å². The molecule has 2 rings (SSSR count). The van der Waals surface area contributed by atoms with Crippen molar-refractivity contribution in [1.82, 2.24) is 0 Å². The lowest BCUT2D eigenvalue weighted by molar-refractivity contribution is 0.600. The van der Waals surface area contributed by atoms with Crippen LogP contribution in [-0.4, -0.2) is 5.66 Å². The molecule has 0 aliphatic carbocycles. The highest BCUT2D eigenvalue weighted by atomic mass is 15.4. The first-order chi connectivity index (χ1) is 5.79. The van der Waals surface area contributed by atoms with E-state index in [1.54, 1.807) is 0 Å². The van der Waals surface area contributed by atoms with E-state index in [0.29, 0.717) is 0 Å². The van der Waals surface area contributed by atoms with Gasteiger partial charge in [-0.15, -0.1) is 0 Å². The largest absolute Gasteiger partial charge is 0.188 e. The van der Waals surface area contributed by atoms with Crippen molar-refractivity contribution in [3.8, 4) is 0 Å². The monoisotopic (exact) mass is 160 g/mol. The van der Waals surface area contributed by atoms with E-state index in [4.69, 9.17) is 0 Å². The summed E-state index contributed by atoms with van der Waals surface area (Å²) in [5.41, 5.74) is 1.33. The average Bonchev–Trinajstić information content (AvgIpc) is 2.84. The number of benzene rings is 1. The Kier molecular flexibility index (Phi) is 1.68. The highest BCUT2D eigenvalue weighted by Crippen LogP contribution is 2.31. The fourth-order valence-corrected chi connectivity index (χ4v) is 1.21. The van der Waals surface area contributed by atoms with Crippen LogP contribution < -0.4 is 0 Å². The molecule has 1 aromatic rings. The maximum Gasteiger partial charge on any atom is 0.188 e. The number of rotatable bonds is 3. The lowest BCUT2D eigenvalue weighted by Gasteiger charge is -2.02. The molecule has 0 radical (unpaired) electrons. The van der Waals surface area contributed by atoms with Crippen LogP contribution in [0.25, 0.3) is 0 Å². The van der Waals surface area contributed by atoms with Gasteiger partial charge in [-0.1, -0.05) is 30.3 Å². The molecule has 0 saturated heterocycles. The molecule has 0 saturated carbocycles. The third kappa shape index (κ3) is 1.70. The van der Waals surface area contributed by atoms with Crippen molar-refractivity contribution in [3.05, 3.63) is 35.9 Å². The fourth-order valence-electron chi connectivity index (χ4n) is 1.21. The molecule has 0 amide bonds. The molecule has 2 heteroatoms. The van der Waals surface area contributed by atoms with Crippen LogP contribution >= 0.6 is 0 Å². The smallest absolute Gasteiger partial charge is 0.159 e. The molecule has 2 nitrogen and oxygen atoms in total. The summed E-state index contributed by atoms with van der Waals surface area (Å²) < 4.78 is 0. The van der Waals surface area contributed by atoms with Crippen LogP contribution in [0.4, 0.5) is 0 Å². The van der Waals surface area contributed by atoms with Gasteiger partial charge in [0.05, 0.1) is 0 Å². The van der Waals surface area contributed by atoms with Crippen LogP contribution in [0.15, 0.2) is 40.6 Å². The lowest BCUT2D eigenvalue weighted by Crippen LogP contribution is -2.05. The van der Waals surface area contributed by atoms with Crippen LogP contribution in [0.1, 0.15) is 18.9 Å². The van der Waals surface area contributed by atoms with Crippen molar-refractivity contribution in [2.45, 2.75) is 25.4 Å². The van der Waals surface area contributed by atoms with Crippen molar-refractivity contribution in [2.75, 3.05) is 0 Å². The fraction of sp³-hybridized carbons (Fsp3) is 0.400. The summed E-state index contributed by atoms with van der Waals surface area (Å²) in [5, 5.41) is 7.95. The van der Waals surface area contributed by atoms with Crippen molar-refractivity contribution < 1.29 is 0 Å². The summed E-state index contributed by atoms with van der Waals surface area (Å²) in [6.07, 6.45) is 2.11. The topological polar surface area (TPSA) is 24.7 Å². The highest BCUT2D eigenvalue weighted by Gasteiger charge is 2.32. The van der Waals surface area contributed by atoms with Crippen molar-refractivity contribution >= 4 is 0 Å². The van der Waals surface area contributed by atoms with E-state index < -0.39 is 0 Å². The SMILES string of the molecule is CC1(CCc2ccccc2)N=N1. The molecule has 0 bridgehead atoms. The lowest BCUT2D eigenvalue weighted by atomic mass is 10.0. The van der Waals surface area contributed by atoms with Gasteiger partial charge in [0.2, 0.25) is 0 Å². The normalized spacial score (nSPS) is 17.8. The summed E-state index contributed by atoms with van der Waals surface area (Å²) in [5.74, 6) is 0. The third-order valence-electron chi connectivity index (χ3n) is 2.17. The third-order valence-corrected chi connectivity index (χ3v) is 2.17. The Morgan fingerprint density at radius 1 is 1.17 bits per heavy atom. The first-order valence-corrected chi connectivity index (χ1v) is 4.27. The number of hydrogen-bond acceptors (Lipinski definition) is 2. The Morgan fingerprint density at radius 2 is 1.83 bits per heavy atom. The molecule has 1 aliphatic rings. The summed E-state index contributed by atoms with van der Waals surface area (Å²) in [4.78, 5) is 0. The molecule has 0 unspecified atom stereocenters. The van der Waals surface area contributed by atoms with Crippen LogP contribution in [0, 0.1) is 0 Å². The molecular weight excluding hydrogens is 148 g/mol. The van der Waals surface area contributed by atoms with E-state index in [9.17, 15) is 0 Å². The molecule has 0 fully saturated rings. The molecule has 0 atom stereocenters. The van der Waals surface area contributed by atoms with Gasteiger partial charge in [0.15, 0.2) is 5.66 Å². The number of aryl methyl sites for hydroxylation is 1. The molecule has 0 spiro atoms. The maximum absolute atomic E-state index is 3.97. The zero-order chi connectivity index (χ0) is 8.44. The Bertz CT molecular complexity index is 284. The molecule has 0 N–H and O–H groups in total. The van der Waals surface area contributed by atoms with Gasteiger partial charge in [0.1, 0.15) is 0 Å². The number of hydrogen-bond donors (Lipinski definition) is 0. The molecule has 1 aliphatic heterocycles. The van der Waals surface area contributed by atoms with Crippen molar-refractivity contribution in [3.63, 3.8) is 0 Å². The Morgan fingerprint density at radius 3 is 2.42 bits per heavy atom. The van der Waals surface area contributed by atoms with Gasteiger partial charge in [0.25, 0.3) is 0 Å². The molecule has 1 heterocycles. The number of nitrogens with zero attached hydrogens (tertiary/aromatic N) is 2. The molecule has 1 aromatic carbocycles. The summed E-state index contributed by atoms with van der Waals surface area (Å²) >= 11 is 0. The standard InChI is InChI=1S/C10H12N2/c1-10(11-12-10)8-7-9-5-3-2-4-6-9/h2-6H,7-8H2,1H3. The van der Waals surface area contributed by atoms with E-state index in [-0.39, 0.29) is 5.66 Å². The van der Waals surface area contributed by atoms with E-state index in [2.05, 4.69) is 41.4 Å². The zero-order valence-electron chi connectivity index (χ0n) is 7.20. The highest BCUT2D eigenvalue weighted by molar-refractivity contribution is 5.15. The van der Waals surface area contributed by atoms with Gasteiger partial charge >= 0.3 is 0 Å². The van der Waals surface area contributed by atoms with E-state index in [1.807, 2.05) is 6.07 Å².